The summed E-state index contributed by atoms with van der Waals surface area (Å²) >= 11 is 3.17. The number of carbonyl (C=O) groups is 2. The first-order valence-electron chi connectivity index (χ1n) is 7.28. The van der Waals surface area contributed by atoms with Gasteiger partial charge in [0.2, 0.25) is 0 Å². The summed E-state index contributed by atoms with van der Waals surface area (Å²) in [5.74, 6) is -1.19. The highest BCUT2D eigenvalue weighted by atomic mass is 32.1. The van der Waals surface area contributed by atoms with Crippen LogP contribution in [0.4, 0.5) is 0 Å². The Bertz CT molecular complexity index is 254. The van der Waals surface area contributed by atoms with Crippen LogP contribution in [-0.2, 0) is 13.8 Å². The summed E-state index contributed by atoms with van der Waals surface area (Å²) in [5, 5.41) is 8.41. The second-order valence-electron chi connectivity index (χ2n) is 4.59. The van der Waals surface area contributed by atoms with Gasteiger partial charge in [0.1, 0.15) is 0 Å². The molecule has 0 spiro atoms. The largest absolute Gasteiger partial charge is 0.481 e. The zero-order valence-electron chi connectivity index (χ0n) is 12.5. The molecule has 0 saturated heterocycles. The molecule has 0 aromatic heterocycles. The minimum Gasteiger partial charge on any atom is -0.481 e. The van der Waals surface area contributed by atoms with Gasteiger partial charge in [0.15, 0.2) is 0 Å². The van der Waals surface area contributed by atoms with Crippen molar-refractivity contribution in [2.75, 3.05) is 0 Å². The van der Waals surface area contributed by atoms with E-state index in [1.807, 2.05) is 0 Å². The van der Waals surface area contributed by atoms with Gasteiger partial charge in [0.05, 0.1) is 0 Å². The quantitative estimate of drug-likeness (QED) is 0.254. The zero-order valence-corrected chi connectivity index (χ0v) is 13.4. The van der Waals surface area contributed by atoms with Crippen molar-refractivity contribution in [1.29, 1.82) is 0 Å². The second-order valence-corrected chi connectivity index (χ2v) is 4.77. The average molecular weight is 304 g/mol. The maximum absolute atomic E-state index is 10.2. The third kappa shape index (κ3) is 22.2. The maximum atomic E-state index is 10.2. The van der Waals surface area contributed by atoms with E-state index in [-0.39, 0.29) is 0 Å². The van der Waals surface area contributed by atoms with Crippen LogP contribution >= 0.6 is 12.9 Å². The van der Waals surface area contributed by atoms with Crippen LogP contribution in [0.25, 0.3) is 0 Å². The predicted octanol–water partition coefficient (Wildman–Crippen LogP) is 4.55. The molecule has 0 amide bonds. The molecule has 0 aliphatic heterocycles. The van der Waals surface area contributed by atoms with Crippen molar-refractivity contribution in [3.63, 3.8) is 0 Å². The van der Waals surface area contributed by atoms with Crippen LogP contribution in [0.15, 0.2) is 12.7 Å². The molecule has 118 valence electrons. The topological polar surface area (TPSA) is 63.6 Å². The Kier molecular flexibility index (Phi) is 19.2. The van der Waals surface area contributed by atoms with Gasteiger partial charge in [0.25, 0.3) is 0 Å². The fourth-order valence-corrected chi connectivity index (χ4v) is 1.70. The number of carbonyl (C=O) groups excluding carboxylic acids is 1. The molecule has 0 rings (SSSR count). The summed E-state index contributed by atoms with van der Waals surface area (Å²) in [5.41, 5.74) is 0. The van der Waals surface area contributed by atoms with E-state index >= 15 is 0 Å². The number of thiol groups is 1. The molecule has 0 aromatic carbocycles. The molecule has 20 heavy (non-hydrogen) atoms. The van der Waals surface area contributed by atoms with E-state index in [2.05, 4.69) is 30.6 Å². The Hall–Kier alpha value is -0.970. The minimum absolute atomic E-state index is 0.343. The molecule has 0 saturated carbocycles. The van der Waals surface area contributed by atoms with Gasteiger partial charge < -0.3 is 9.29 Å². The lowest BCUT2D eigenvalue weighted by atomic mass is 10.1. The van der Waals surface area contributed by atoms with Crippen molar-refractivity contribution >= 4 is 24.8 Å². The molecule has 0 aromatic rings. The monoisotopic (exact) mass is 304 g/mol. The standard InChI is InChI=1S/C12H24O2.C3H4O2S/c1-2-3-4-5-6-7-8-9-10-11-12(13)14;1-2-3(4)5-6/h2-11H2,1H3,(H,13,14);2,6H,1H2. The highest BCUT2D eigenvalue weighted by Crippen LogP contribution is 2.10. The number of unbranched alkanes of at least 4 members (excludes halogenated alkanes) is 8. The van der Waals surface area contributed by atoms with E-state index in [0.29, 0.717) is 6.42 Å². The molecule has 0 atom stereocenters. The van der Waals surface area contributed by atoms with Crippen molar-refractivity contribution in [2.24, 2.45) is 0 Å². The normalized spacial score (nSPS) is 9.30. The Morgan fingerprint density at radius 2 is 1.50 bits per heavy atom. The van der Waals surface area contributed by atoms with E-state index in [1.165, 1.54) is 44.9 Å². The maximum Gasteiger partial charge on any atom is 0.341 e. The van der Waals surface area contributed by atoms with Crippen molar-refractivity contribution in [3.05, 3.63) is 12.7 Å². The number of carboxylic acids is 1. The smallest absolute Gasteiger partial charge is 0.341 e. The van der Waals surface area contributed by atoms with Crippen LogP contribution in [0.3, 0.4) is 0 Å². The molecular formula is C15H28O4S. The Morgan fingerprint density at radius 3 is 1.80 bits per heavy atom. The second kappa shape index (κ2) is 18.0. The molecule has 0 unspecified atom stereocenters. The van der Waals surface area contributed by atoms with Gasteiger partial charge in [-0.15, -0.1) is 0 Å². The molecule has 0 bridgehead atoms. The number of hydrogen-bond donors (Lipinski definition) is 2. The molecule has 0 radical (unpaired) electrons. The van der Waals surface area contributed by atoms with E-state index in [4.69, 9.17) is 5.11 Å². The SMILES string of the molecule is C=CC(=O)OS.CCCCCCCCCCCC(=O)O. The summed E-state index contributed by atoms with van der Waals surface area (Å²) in [6.45, 7) is 5.34. The third-order valence-corrected chi connectivity index (χ3v) is 2.93. The van der Waals surface area contributed by atoms with Gasteiger partial charge >= 0.3 is 11.9 Å². The van der Waals surface area contributed by atoms with Crippen molar-refractivity contribution in [2.45, 2.75) is 71.1 Å². The molecule has 4 nitrogen and oxygen atoms in total. The highest BCUT2D eigenvalue weighted by molar-refractivity contribution is 7.75. The average Bonchev–Trinajstić information content (AvgIpc) is 2.45. The summed E-state index contributed by atoms with van der Waals surface area (Å²) < 4.78 is 3.84. The van der Waals surface area contributed by atoms with Crippen molar-refractivity contribution in [3.8, 4) is 0 Å². The lowest BCUT2D eigenvalue weighted by Gasteiger charge is -2.00. The van der Waals surface area contributed by atoms with Crippen LogP contribution in [0, 0.1) is 0 Å². The van der Waals surface area contributed by atoms with Crippen molar-refractivity contribution in [1.82, 2.24) is 0 Å². The van der Waals surface area contributed by atoms with Crippen LogP contribution < -0.4 is 0 Å². The number of hydrogen-bond acceptors (Lipinski definition) is 4. The van der Waals surface area contributed by atoms with Crippen LogP contribution in [0.2, 0.25) is 0 Å². The summed E-state index contributed by atoms with van der Waals surface area (Å²) in [4.78, 5) is 20.0. The molecular weight excluding hydrogens is 276 g/mol. The molecule has 1 N–H and O–H groups in total. The van der Waals surface area contributed by atoms with E-state index in [1.54, 1.807) is 0 Å². The summed E-state index contributed by atoms with van der Waals surface area (Å²) in [6.07, 6.45) is 12.5. The Labute approximate surface area is 128 Å². The number of aliphatic carboxylic acids is 1. The fraction of sp³-hybridized carbons (Fsp3) is 0.733. The van der Waals surface area contributed by atoms with Gasteiger partial charge in [-0.3, -0.25) is 4.79 Å². The van der Waals surface area contributed by atoms with Crippen LogP contribution in [0.1, 0.15) is 71.1 Å². The van der Waals surface area contributed by atoms with Gasteiger partial charge in [-0.1, -0.05) is 64.9 Å². The highest BCUT2D eigenvalue weighted by Gasteiger charge is 1.96. The van der Waals surface area contributed by atoms with Crippen molar-refractivity contribution < 1.29 is 18.9 Å². The minimum atomic E-state index is -0.659. The lowest BCUT2D eigenvalue weighted by Crippen LogP contribution is -1.93. The summed E-state index contributed by atoms with van der Waals surface area (Å²) in [6, 6.07) is 0. The Balaban J connectivity index is 0. The Morgan fingerprint density at radius 1 is 1.05 bits per heavy atom. The van der Waals surface area contributed by atoms with Crippen LogP contribution in [0.5, 0.6) is 0 Å². The van der Waals surface area contributed by atoms with Gasteiger partial charge in [0, 0.05) is 25.4 Å². The number of rotatable bonds is 11. The first-order valence-corrected chi connectivity index (χ1v) is 7.64. The van der Waals surface area contributed by atoms with E-state index < -0.39 is 11.9 Å². The molecule has 0 fully saturated rings. The third-order valence-electron chi connectivity index (χ3n) is 2.75. The molecule has 0 aliphatic rings. The predicted molar refractivity (Wildman–Crippen MR) is 84.8 cm³/mol. The molecule has 0 heterocycles. The molecule has 0 aliphatic carbocycles. The summed E-state index contributed by atoms with van der Waals surface area (Å²) in [7, 11) is 0. The van der Waals surface area contributed by atoms with E-state index in [9.17, 15) is 9.59 Å². The fourth-order valence-electron chi connectivity index (χ4n) is 1.62. The van der Waals surface area contributed by atoms with Gasteiger partial charge in [-0.2, -0.15) is 0 Å². The lowest BCUT2D eigenvalue weighted by molar-refractivity contribution is -0.137. The molecule has 5 heteroatoms. The zero-order chi connectivity index (χ0) is 15.6. The first kappa shape index (κ1) is 21.3. The number of carboxylic acid groups (broad SMARTS) is 1. The van der Waals surface area contributed by atoms with Crippen LogP contribution in [-0.4, -0.2) is 17.0 Å². The van der Waals surface area contributed by atoms with Gasteiger partial charge in [-0.05, 0) is 6.42 Å². The first-order chi connectivity index (χ1) is 9.58. The van der Waals surface area contributed by atoms with Gasteiger partial charge in [-0.25, -0.2) is 4.79 Å². The van der Waals surface area contributed by atoms with E-state index in [0.717, 1.165) is 18.9 Å².